The predicted molar refractivity (Wildman–Crippen MR) is 55.6 cm³/mol. The van der Waals surface area contributed by atoms with Gasteiger partial charge in [-0.15, -0.1) is 0 Å². The molecular weight excluding hydrogens is 185 g/mol. The predicted octanol–water partition coefficient (Wildman–Crippen LogP) is 1.15. The maximum Gasteiger partial charge on any atom is 0.253 e. The molecule has 4 nitrogen and oxygen atoms in total. The van der Waals surface area contributed by atoms with Crippen molar-refractivity contribution in [1.29, 1.82) is 0 Å². The zero-order chi connectivity index (χ0) is 10.3. The molecule has 1 saturated heterocycles. The van der Waals surface area contributed by atoms with Crippen molar-refractivity contribution >= 4 is 7.05 Å². The topological polar surface area (TPSA) is 59.9 Å². The highest BCUT2D eigenvalue weighted by atomic mass is 31.2. The monoisotopic (exact) mass is 203 g/mol. The molecule has 0 bridgehead atoms. The summed E-state index contributed by atoms with van der Waals surface area (Å²) >= 11 is 0. The third-order valence-corrected chi connectivity index (χ3v) is 7.01. The molecule has 0 aromatic rings. The van der Waals surface area contributed by atoms with Gasteiger partial charge in [-0.1, -0.05) is 6.92 Å². The van der Waals surface area contributed by atoms with E-state index in [1.165, 1.54) is 0 Å². The zero-order valence-electron chi connectivity index (χ0n) is 8.73. The molecule has 1 N–H and O–H groups in total. The molecule has 5 heteroatoms. The maximum atomic E-state index is 10.5. The second-order valence-corrected chi connectivity index (χ2v) is 7.79. The first-order valence-corrected chi connectivity index (χ1v) is 6.88. The van der Waals surface area contributed by atoms with Crippen LogP contribution in [-0.4, -0.2) is 42.4 Å². The van der Waals surface area contributed by atoms with Crippen LogP contribution in [0.4, 0.5) is 0 Å². The summed E-state index contributed by atoms with van der Waals surface area (Å²) in [6.45, 7) is 3.91. The maximum absolute atomic E-state index is 10.5. The minimum atomic E-state index is -1.97. The van der Waals surface area contributed by atoms with Gasteiger partial charge in [-0.3, -0.25) is 4.90 Å². The van der Waals surface area contributed by atoms with E-state index in [1.807, 2.05) is 27.7 Å². The molecule has 0 radical (unpaired) electrons. The second kappa shape index (κ2) is 3.21. The molecule has 0 aliphatic carbocycles. The molecule has 3 atom stereocenters. The SMILES string of the molecule is CC1CCP(C)(=[N+]=[N-])C1(O)N(C)C. The summed E-state index contributed by atoms with van der Waals surface area (Å²) in [5.74, 6) is 0.178. The van der Waals surface area contributed by atoms with Crippen LogP contribution in [-0.2, 0) is 0 Å². The average Bonchev–Trinajstić information content (AvgIpc) is 2.32. The highest BCUT2D eigenvalue weighted by Gasteiger charge is 2.58. The van der Waals surface area contributed by atoms with Gasteiger partial charge in [-0.05, 0) is 20.5 Å². The van der Waals surface area contributed by atoms with Crippen LogP contribution in [0.3, 0.4) is 0 Å². The molecular formula is C8H18N3OP. The Morgan fingerprint density at radius 1 is 1.62 bits per heavy atom. The van der Waals surface area contributed by atoms with Crippen LogP contribution in [0.15, 0.2) is 0 Å². The molecule has 1 aliphatic heterocycles. The fraction of sp³-hybridized carbons (Fsp3) is 1.00. The molecule has 0 saturated carbocycles. The first kappa shape index (κ1) is 10.9. The summed E-state index contributed by atoms with van der Waals surface area (Å²) < 4.78 is 3.46. The van der Waals surface area contributed by atoms with E-state index in [2.05, 4.69) is 4.54 Å². The largest absolute Gasteiger partial charge is 0.369 e. The van der Waals surface area contributed by atoms with Crippen LogP contribution in [0.1, 0.15) is 13.3 Å². The van der Waals surface area contributed by atoms with Crippen molar-refractivity contribution in [1.82, 2.24) is 9.44 Å². The summed E-state index contributed by atoms with van der Waals surface area (Å²) in [5.41, 5.74) is 8.10. The van der Waals surface area contributed by atoms with Gasteiger partial charge in [0.15, 0.2) is 0 Å². The summed E-state index contributed by atoms with van der Waals surface area (Å²) in [7, 11) is 1.70. The third-order valence-electron chi connectivity index (χ3n) is 3.22. The van der Waals surface area contributed by atoms with E-state index < -0.39 is 12.5 Å². The van der Waals surface area contributed by atoms with E-state index in [0.717, 1.165) is 12.6 Å². The molecule has 0 aromatic heterocycles. The third kappa shape index (κ3) is 1.29. The Bertz CT molecular complexity index is 285. The van der Waals surface area contributed by atoms with Gasteiger partial charge in [0.2, 0.25) is 5.47 Å². The van der Waals surface area contributed by atoms with Gasteiger partial charge >= 0.3 is 0 Å². The lowest BCUT2D eigenvalue weighted by Gasteiger charge is -2.35. The number of aliphatic hydroxyl groups is 1. The lowest BCUT2D eigenvalue weighted by molar-refractivity contribution is -0.0389. The highest BCUT2D eigenvalue weighted by Crippen LogP contribution is 2.63. The van der Waals surface area contributed by atoms with E-state index in [4.69, 9.17) is 5.53 Å². The van der Waals surface area contributed by atoms with Gasteiger partial charge in [0, 0.05) is 18.7 Å². The Morgan fingerprint density at radius 3 is 2.46 bits per heavy atom. The van der Waals surface area contributed by atoms with E-state index >= 15 is 0 Å². The van der Waals surface area contributed by atoms with Gasteiger partial charge in [0.25, 0.3) is 7.05 Å². The van der Waals surface area contributed by atoms with Gasteiger partial charge in [0.05, 0.1) is 0 Å². The van der Waals surface area contributed by atoms with Gasteiger partial charge in [-0.2, -0.15) is 0 Å². The fourth-order valence-corrected chi connectivity index (χ4v) is 5.64. The van der Waals surface area contributed by atoms with Crippen LogP contribution in [0.25, 0.3) is 5.53 Å². The minimum absolute atomic E-state index is 0.178. The fourth-order valence-electron chi connectivity index (χ4n) is 2.26. The first-order chi connectivity index (χ1) is 5.88. The molecule has 0 aromatic carbocycles. The molecule has 13 heavy (non-hydrogen) atoms. The zero-order valence-corrected chi connectivity index (χ0v) is 9.62. The van der Waals surface area contributed by atoms with Crippen molar-refractivity contribution in [2.24, 2.45) is 5.92 Å². The molecule has 3 unspecified atom stereocenters. The number of rotatable bonds is 1. The van der Waals surface area contributed by atoms with Crippen molar-refractivity contribution in [3.63, 3.8) is 0 Å². The summed E-state index contributed by atoms with van der Waals surface area (Å²) in [6, 6.07) is 0. The molecule has 1 heterocycles. The molecule has 1 rings (SSSR count). The summed E-state index contributed by atoms with van der Waals surface area (Å²) in [6.07, 6.45) is 1.77. The van der Waals surface area contributed by atoms with Crippen molar-refractivity contribution in [2.75, 3.05) is 26.9 Å². The smallest absolute Gasteiger partial charge is 0.253 e. The Hall–Kier alpha value is -0.140. The van der Waals surface area contributed by atoms with Crippen molar-refractivity contribution in [3.8, 4) is 0 Å². The van der Waals surface area contributed by atoms with E-state index in [0.29, 0.717) is 0 Å². The van der Waals surface area contributed by atoms with Crippen LogP contribution in [0, 0.1) is 5.92 Å². The second-order valence-electron chi connectivity index (χ2n) is 4.22. The van der Waals surface area contributed by atoms with Crippen LogP contribution >= 0.6 is 7.05 Å². The van der Waals surface area contributed by atoms with Crippen LogP contribution < -0.4 is 4.54 Å². The Morgan fingerprint density at radius 2 is 2.15 bits per heavy atom. The number of hydrogen-bond donors (Lipinski definition) is 1. The van der Waals surface area contributed by atoms with E-state index in [-0.39, 0.29) is 5.92 Å². The summed E-state index contributed by atoms with van der Waals surface area (Å²) in [4.78, 5) is 1.79. The van der Waals surface area contributed by atoms with E-state index in [1.54, 1.807) is 4.90 Å². The molecule has 76 valence electrons. The lowest BCUT2D eigenvalue weighted by atomic mass is 10.1. The number of nitrogens with zero attached hydrogens (tertiary/aromatic N) is 3. The normalized spacial score (nSPS) is 45.2. The average molecular weight is 203 g/mol. The van der Waals surface area contributed by atoms with Gasteiger partial charge in [-0.25, -0.2) is 4.54 Å². The van der Waals surface area contributed by atoms with Crippen molar-refractivity contribution < 1.29 is 5.11 Å². The quantitative estimate of drug-likeness (QED) is 0.301. The lowest BCUT2D eigenvalue weighted by Crippen LogP contribution is -2.46. The Balaban J connectivity index is 3.25. The Labute approximate surface area is 79.5 Å². The number of hydrogen-bond acceptors (Lipinski definition) is 2. The highest BCUT2D eigenvalue weighted by molar-refractivity contribution is 7.66. The first-order valence-electron chi connectivity index (χ1n) is 4.50. The van der Waals surface area contributed by atoms with Crippen molar-refractivity contribution in [2.45, 2.75) is 18.8 Å². The molecule has 0 spiro atoms. The summed E-state index contributed by atoms with van der Waals surface area (Å²) in [5, 5.41) is 10.5. The molecule has 1 fully saturated rings. The van der Waals surface area contributed by atoms with Gasteiger partial charge < -0.3 is 10.6 Å². The van der Waals surface area contributed by atoms with Crippen LogP contribution in [0.5, 0.6) is 0 Å². The minimum Gasteiger partial charge on any atom is -0.369 e. The molecule has 1 aliphatic rings. The van der Waals surface area contributed by atoms with Crippen molar-refractivity contribution in [3.05, 3.63) is 5.53 Å². The Kier molecular flexibility index (Phi) is 2.70. The van der Waals surface area contributed by atoms with E-state index in [9.17, 15) is 5.11 Å². The standard InChI is InChI=1S/C8H18N3OP/c1-7-5-6-13(4,10-9)8(7,12)11(2)3/h7,12H,5-6H2,1-4H3. The van der Waals surface area contributed by atoms with Crippen LogP contribution in [0.2, 0.25) is 0 Å². The molecule has 0 amide bonds. The van der Waals surface area contributed by atoms with Gasteiger partial charge in [0.1, 0.15) is 0 Å².